The maximum absolute atomic E-state index is 6.57. The van der Waals surface area contributed by atoms with E-state index in [1.165, 1.54) is 27.4 Å². The summed E-state index contributed by atoms with van der Waals surface area (Å²) in [5.41, 5.74) is 14.2. The Hall–Kier alpha value is -6.24. The van der Waals surface area contributed by atoms with Crippen molar-refractivity contribution in [3.05, 3.63) is 187 Å². The first-order valence-corrected chi connectivity index (χ1v) is 25.8. The molecule has 10 aromatic rings. The van der Waals surface area contributed by atoms with Crippen molar-refractivity contribution in [1.29, 1.82) is 0 Å². The molecule has 1 radical (unpaired) electrons. The van der Waals surface area contributed by atoms with Gasteiger partial charge in [0.2, 0.25) is 5.71 Å². The van der Waals surface area contributed by atoms with E-state index in [1.807, 2.05) is 48.5 Å². The molecule has 0 spiro atoms. The molecular weight excluding hydrogens is 989 g/mol. The molecule has 0 saturated carbocycles. The van der Waals surface area contributed by atoms with Crippen LogP contribution in [0, 0.1) is 18.1 Å². The molecule has 7 heteroatoms. The Morgan fingerprint density at radius 2 is 1.37 bits per heavy atom. The number of benzene rings is 6. The molecule has 5 nitrogen and oxygen atoms in total. The van der Waals surface area contributed by atoms with Crippen molar-refractivity contribution < 1.29 is 24.5 Å². The van der Waals surface area contributed by atoms with Gasteiger partial charge in [-0.05, 0) is 81.7 Å². The summed E-state index contributed by atoms with van der Waals surface area (Å²) in [7, 11) is -1.34. The van der Waals surface area contributed by atoms with E-state index in [4.69, 9.17) is 14.4 Å². The fraction of sp³-hybridized carbons (Fsp3) is 0.190. The van der Waals surface area contributed by atoms with Crippen LogP contribution in [0.2, 0.25) is 19.6 Å². The summed E-state index contributed by atoms with van der Waals surface area (Å²) < 4.78 is 8.84. The third-order valence-corrected chi connectivity index (χ3v) is 13.8. The summed E-state index contributed by atoms with van der Waals surface area (Å²) in [6, 6.07) is 61.1. The number of pyridine rings is 2. The second-order valence-corrected chi connectivity index (χ2v) is 24.1. The molecule has 4 aromatic heterocycles. The minimum absolute atomic E-state index is 0. The molecule has 0 fully saturated rings. The molecule has 0 bridgehead atoms. The predicted molar refractivity (Wildman–Crippen MR) is 270 cm³/mol. The first kappa shape index (κ1) is 45.3. The van der Waals surface area contributed by atoms with Crippen LogP contribution in [-0.2, 0) is 31.9 Å². The first-order chi connectivity index (χ1) is 30.8. The minimum atomic E-state index is -1.34. The van der Waals surface area contributed by atoms with E-state index < -0.39 is 8.07 Å². The molecule has 0 amide bonds. The number of nitrogens with zero attached hydrogens (tertiary/aromatic N) is 4. The van der Waals surface area contributed by atoms with E-state index >= 15 is 0 Å². The summed E-state index contributed by atoms with van der Waals surface area (Å²) in [6.45, 7) is 18.5. The molecule has 10 rings (SSSR count). The monoisotopic (exact) mass is 1040 g/mol. The van der Waals surface area contributed by atoms with Gasteiger partial charge in [0.1, 0.15) is 0 Å². The van der Waals surface area contributed by atoms with Crippen LogP contribution in [0.5, 0.6) is 0 Å². The summed E-state index contributed by atoms with van der Waals surface area (Å²) in [6.07, 6.45) is 3.24. The summed E-state index contributed by atoms with van der Waals surface area (Å²) in [5.74, 6) is 1.46. The summed E-state index contributed by atoms with van der Waals surface area (Å²) in [5, 5.41) is 3.46. The maximum atomic E-state index is 6.57. The van der Waals surface area contributed by atoms with E-state index in [0.29, 0.717) is 11.6 Å². The Kier molecular flexibility index (Phi) is 13.0. The second-order valence-electron chi connectivity index (χ2n) is 19.1. The van der Waals surface area contributed by atoms with Gasteiger partial charge in [-0.1, -0.05) is 156 Å². The molecule has 327 valence electrons. The van der Waals surface area contributed by atoms with Crippen LogP contribution in [0.4, 0.5) is 0 Å². The topological polar surface area (TPSA) is 56.7 Å². The average Bonchev–Trinajstić information content (AvgIpc) is 3.88. The molecular formula is C58H54IrN4OSi-2. The van der Waals surface area contributed by atoms with Gasteiger partial charge in [-0.3, -0.25) is 4.98 Å². The number of fused-ring (bicyclic) bond motifs is 4. The van der Waals surface area contributed by atoms with Crippen molar-refractivity contribution in [3.63, 3.8) is 0 Å². The van der Waals surface area contributed by atoms with Crippen LogP contribution in [-0.4, -0.2) is 27.6 Å². The number of furan rings is 1. The molecule has 0 unspecified atom stereocenters. The van der Waals surface area contributed by atoms with Crippen molar-refractivity contribution in [2.75, 3.05) is 0 Å². The van der Waals surface area contributed by atoms with Crippen molar-refractivity contribution in [2.45, 2.75) is 66.1 Å². The zero-order valence-corrected chi connectivity index (χ0v) is 41.8. The molecule has 0 atom stereocenters. The SMILES string of the molecule is CC(C)(C)c1cc(-c2ccccc2)ccc1-n1c(-c2[c-]ccc3c2oc2nc(-c4ccccc4)ccc23)nc2ccccc21.CC(C)Cc1cc(-c2[c-]cccc2)ncc1[Si](C)(C)C.[Ir]. The van der Waals surface area contributed by atoms with Crippen LogP contribution in [0.3, 0.4) is 0 Å². The van der Waals surface area contributed by atoms with Crippen LogP contribution in [0.25, 0.3) is 83.8 Å². The van der Waals surface area contributed by atoms with Gasteiger partial charge in [-0.15, -0.1) is 54.1 Å². The van der Waals surface area contributed by atoms with Crippen molar-refractivity contribution in [3.8, 4) is 50.7 Å². The molecule has 0 saturated heterocycles. The van der Waals surface area contributed by atoms with Gasteiger partial charge in [-0.2, -0.15) is 0 Å². The fourth-order valence-electron chi connectivity index (χ4n) is 8.62. The van der Waals surface area contributed by atoms with E-state index in [9.17, 15) is 0 Å². The number of para-hydroxylation sites is 2. The first-order valence-electron chi connectivity index (χ1n) is 22.3. The zero-order chi connectivity index (χ0) is 44.6. The molecule has 0 N–H and O–H groups in total. The van der Waals surface area contributed by atoms with E-state index in [1.54, 1.807) is 0 Å². The van der Waals surface area contributed by atoms with Gasteiger partial charge in [0.05, 0.1) is 36.2 Å². The number of hydrogen-bond donors (Lipinski definition) is 0. The molecule has 0 aliphatic heterocycles. The van der Waals surface area contributed by atoms with Crippen LogP contribution >= 0.6 is 0 Å². The fourth-order valence-corrected chi connectivity index (χ4v) is 10.2. The molecule has 4 heterocycles. The molecule has 0 aliphatic rings. The van der Waals surface area contributed by atoms with Crippen molar-refractivity contribution >= 4 is 46.4 Å². The largest absolute Gasteiger partial charge is 0.486 e. The van der Waals surface area contributed by atoms with Crippen LogP contribution in [0.1, 0.15) is 45.7 Å². The van der Waals surface area contributed by atoms with Gasteiger partial charge >= 0.3 is 0 Å². The zero-order valence-electron chi connectivity index (χ0n) is 38.4. The Labute approximate surface area is 398 Å². The van der Waals surface area contributed by atoms with E-state index in [0.717, 1.165) is 73.4 Å². The number of rotatable bonds is 8. The quantitative estimate of drug-likeness (QED) is 0.112. The number of aromatic nitrogens is 4. The van der Waals surface area contributed by atoms with Gasteiger partial charge in [0.25, 0.3) is 0 Å². The van der Waals surface area contributed by atoms with Gasteiger partial charge < -0.3 is 14.0 Å². The van der Waals surface area contributed by atoms with E-state index in [-0.39, 0.29) is 25.5 Å². The second kappa shape index (κ2) is 18.7. The average molecular weight is 1040 g/mol. The summed E-state index contributed by atoms with van der Waals surface area (Å²) >= 11 is 0. The molecule has 6 aromatic carbocycles. The maximum Gasteiger partial charge on any atom is 0.216 e. The Morgan fingerprint density at radius 1 is 0.662 bits per heavy atom. The van der Waals surface area contributed by atoms with Gasteiger partial charge in [-0.25, -0.2) is 4.98 Å². The van der Waals surface area contributed by atoms with Crippen molar-refractivity contribution in [2.24, 2.45) is 5.92 Å². The number of imidazole rings is 1. The van der Waals surface area contributed by atoms with E-state index in [2.05, 4.69) is 191 Å². The third kappa shape index (κ3) is 9.46. The number of hydrogen-bond acceptors (Lipinski definition) is 4. The predicted octanol–water partition coefficient (Wildman–Crippen LogP) is 14.7. The van der Waals surface area contributed by atoms with Gasteiger partial charge in [0, 0.05) is 42.9 Å². The third-order valence-electron chi connectivity index (χ3n) is 11.7. The van der Waals surface area contributed by atoms with Crippen LogP contribution < -0.4 is 5.19 Å². The minimum Gasteiger partial charge on any atom is -0.486 e. The van der Waals surface area contributed by atoms with Crippen LogP contribution in [0.15, 0.2) is 168 Å². The standard InChI is InChI=1S/C40H30N3O.C18H24NSi.Ir/c1-40(2,3)32-25-28(26-13-6-4-7-14-26)21-24-35(32)43-36-20-11-10-19-34(36)41-38(43)31-18-12-17-29-30-22-23-33(27-15-8-5-9-16-27)42-39(30)44-37(29)31;1-14(2)11-16-12-17(15-9-7-6-8-10-15)19-13-18(16)20(3,4)5;/h4-17,19-25H,1-3H3;6-9,12-14H,11H2,1-5H3;/q2*-1;. The van der Waals surface area contributed by atoms with Crippen molar-refractivity contribution in [1.82, 2.24) is 19.5 Å². The van der Waals surface area contributed by atoms with Gasteiger partial charge in [0.15, 0.2) is 0 Å². The smallest absolute Gasteiger partial charge is 0.216 e. The normalized spacial score (nSPS) is 11.8. The Morgan fingerprint density at radius 3 is 2.06 bits per heavy atom. The summed E-state index contributed by atoms with van der Waals surface area (Å²) in [4.78, 5) is 14.8. The Bertz CT molecular complexity index is 3230. The molecule has 65 heavy (non-hydrogen) atoms. The Balaban J connectivity index is 0.000000232. The molecule has 0 aliphatic carbocycles.